The summed E-state index contributed by atoms with van der Waals surface area (Å²) in [5.41, 5.74) is 0.763. The van der Waals surface area contributed by atoms with Crippen LogP contribution in [-0.4, -0.2) is 11.2 Å². The summed E-state index contributed by atoms with van der Waals surface area (Å²) in [6, 6.07) is 5.31. The highest BCUT2D eigenvalue weighted by Gasteiger charge is 2.06. The van der Waals surface area contributed by atoms with E-state index in [-0.39, 0.29) is 0 Å². The molecule has 0 aliphatic carbocycles. The maximum atomic E-state index is 9.06. The smallest absolute Gasteiger partial charge is 0.0628 e. The van der Waals surface area contributed by atoms with Crippen molar-refractivity contribution in [2.24, 2.45) is 0 Å². The molecule has 12 heavy (non-hydrogen) atoms. The molecule has 0 unspecified atom stereocenters. The van der Waals surface area contributed by atoms with Crippen molar-refractivity contribution in [1.82, 2.24) is 0 Å². The SMILES string of the molecule is C[C@@H](O)[CH]c1cccc(Cl)c1Cl. The Morgan fingerprint density at radius 1 is 1.42 bits per heavy atom. The van der Waals surface area contributed by atoms with Gasteiger partial charge in [0.2, 0.25) is 0 Å². The van der Waals surface area contributed by atoms with E-state index in [2.05, 4.69) is 0 Å². The van der Waals surface area contributed by atoms with Crippen molar-refractivity contribution in [2.75, 3.05) is 0 Å². The zero-order chi connectivity index (χ0) is 9.14. The van der Waals surface area contributed by atoms with Gasteiger partial charge in [0.05, 0.1) is 16.1 Å². The summed E-state index contributed by atoms with van der Waals surface area (Å²) in [5.74, 6) is 0. The summed E-state index contributed by atoms with van der Waals surface area (Å²) in [5, 5.41) is 10.1. The highest BCUT2D eigenvalue weighted by Crippen LogP contribution is 2.26. The van der Waals surface area contributed by atoms with Gasteiger partial charge in [-0.3, -0.25) is 0 Å². The monoisotopic (exact) mass is 203 g/mol. The van der Waals surface area contributed by atoms with Crippen molar-refractivity contribution < 1.29 is 5.11 Å². The molecule has 0 aliphatic rings. The summed E-state index contributed by atoms with van der Waals surface area (Å²) < 4.78 is 0. The summed E-state index contributed by atoms with van der Waals surface area (Å²) in [6.07, 6.45) is 1.13. The summed E-state index contributed by atoms with van der Waals surface area (Å²) >= 11 is 11.6. The fraction of sp³-hybridized carbons (Fsp3) is 0.222. The van der Waals surface area contributed by atoms with Gasteiger partial charge in [0.1, 0.15) is 0 Å². The third-order valence-electron chi connectivity index (χ3n) is 1.40. The molecule has 1 rings (SSSR count). The zero-order valence-electron chi connectivity index (χ0n) is 6.59. The normalized spacial score (nSPS) is 13.0. The van der Waals surface area contributed by atoms with Crippen LogP contribution in [0.1, 0.15) is 12.5 Å². The second-order valence-electron chi connectivity index (χ2n) is 2.55. The van der Waals surface area contributed by atoms with Crippen LogP contribution in [0.25, 0.3) is 0 Å². The van der Waals surface area contributed by atoms with Crippen molar-refractivity contribution in [3.05, 3.63) is 40.2 Å². The fourth-order valence-electron chi connectivity index (χ4n) is 0.909. The molecule has 0 saturated heterocycles. The van der Waals surface area contributed by atoms with Crippen LogP contribution >= 0.6 is 23.2 Å². The van der Waals surface area contributed by atoms with Crippen LogP contribution in [0.4, 0.5) is 0 Å². The molecule has 0 aromatic heterocycles. The molecule has 0 amide bonds. The zero-order valence-corrected chi connectivity index (χ0v) is 8.10. The Balaban J connectivity index is 2.92. The number of benzene rings is 1. The average Bonchev–Trinajstić information content (AvgIpc) is 1.98. The van der Waals surface area contributed by atoms with Gasteiger partial charge >= 0.3 is 0 Å². The standard InChI is InChI=1S/C9H9Cl2O/c1-6(12)5-7-3-2-4-8(10)9(7)11/h2-6,12H,1H3/t6-/m1/s1. The molecule has 1 nitrogen and oxygen atoms in total. The van der Waals surface area contributed by atoms with E-state index >= 15 is 0 Å². The number of aliphatic hydroxyl groups excluding tert-OH is 1. The molecule has 0 aliphatic heterocycles. The number of hydrogen-bond donors (Lipinski definition) is 1. The van der Waals surface area contributed by atoms with Crippen LogP contribution in [-0.2, 0) is 0 Å². The molecule has 1 atom stereocenters. The molecule has 1 aromatic carbocycles. The van der Waals surface area contributed by atoms with Gasteiger partial charge < -0.3 is 5.11 Å². The number of rotatable bonds is 2. The molecule has 0 spiro atoms. The molecule has 1 aromatic rings. The van der Waals surface area contributed by atoms with Gasteiger partial charge in [0.15, 0.2) is 0 Å². The van der Waals surface area contributed by atoms with E-state index in [0.717, 1.165) is 5.56 Å². The molecule has 3 heteroatoms. The van der Waals surface area contributed by atoms with E-state index in [4.69, 9.17) is 28.3 Å². The van der Waals surface area contributed by atoms with Crippen LogP contribution in [0.3, 0.4) is 0 Å². The molecule has 1 radical (unpaired) electrons. The molecule has 65 valence electrons. The van der Waals surface area contributed by atoms with Gasteiger partial charge in [-0.05, 0) is 18.6 Å². The molecule has 0 saturated carbocycles. The molecule has 0 fully saturated rings. The maximum absolute atomic E-state index is 9.06. The van der Waals surface area contributed by atoms with Gasteiger partial charge in [-0.25, -0.2) is 0 Å². The predicted molar refractivity (Wildman–Crippen MR) is 51.5 cm³/mol. The van der Waals surface area contributed by atoms with Gasteiger partial charge in [-0.1, -0.05) is 35.3 Å². The highest BCUT2D eigenvalue weighted by molar-refractivity contribution is 6.42. The first-order chi connectivity index (χ1) is 5.61. The number of hydrogen-bond acceptors (Lipinski definition) is 1. The Kier molecular flexibility index (Phi) is 3.39. The van der Waals surface area contributed by atoms with E-state index in [1.54, 1.807) is 31.5 Å². The Morgan fingerprint density at radius 2 is 2.08 bits per heavy atom. The van der Waals surface area contributed by atoms with E-state index in [1.165, 1.54) is 0 Å². The van der Waals surface area contributed by atoms with Gasteiger partial charge in [-0.2, -0.15) is 0 Å². The van der Waals surface area contributed by atoms with Crippen molar-refractivity contribution in [3.63, 3.8) is 0 Å². The molecular weight excluding hydrogens is 195 g/mol. The molecule has 0 heterocycles. The average molecular weight is 204 g/mol. The maximum Gasteiger partial charge on any atom is 0.0628 e. The fourth-order valence-corrected chi connectivity index (χ4v) is 1.28. The Labute approximate surface area is 81.9 Å². The first-order valence-electron chi connectivity index (χ1n) is 3.58. The summed E-state index contributed by atoms with van der Waals surface area (Å²) in [7, 11) is 0. The predicted octanol–water partition coefficient (Wildman–Crippen LogP) is 2.93. The Hall–Kier alpha value is -0.240. The largest absolute Gasteiger partial charge is 0.393 e. The van der Waals surface area contributed by atoms with Crippen molar-refractivity contribution in [3.8, 4) is 0 Å². The van der Waals surface area contributed by atoms with E-state index in [0.29, 0.717) is 10.0 Å². The van der Waals surface area contributed by atoms with E-state index in [9.17, 15) is 0 Å². The van der Waals surface area contributed by atoms with Crippen LogP contribution < -0.4 is 0 Å². The second-order valence-corrected chi connectivity index (χ2v) is 3.34. The first kappa shape index (κ1) is 9.85. The van der Waals surface area contributed by atoms with Crippen LogP contribution in [0.2, 0.25) is 10.0 Å². The molecule has 1 N–H and O–H groups in total. The highest BCUT2D eigenvalue weighted by atomic mass is 35.5. The minimum absolute atomic E-state index is 0.486. The van der Waals surface area contributed by atoms with Crippen molar-refractivity contribution in [1.29, 1.82) is 0 Å². The number of aliphatic hydroxyl groups is 1. The van der Waals surface area contributed by atoms with Gasteiger partial charge in [0.25, 0.3) is 0 Å². The minimum atomic E-state index is -0.513. The van der Waals surface area contributed by atoms with E-state index < -0.39 is 6.10 Å². The van der Waals surface area contributed by atoms with Gasteiger partial charge in [-0.15, -0.1) is 0 Å². The van der Waals surface area contributed by atoms with Crippen LogP contribution in [0, 0.1) is 6.42 Å². The van der Waals surface area contributed by atoms with Crippen molar-refractivity contribution >= 4 is 23.2 Å². The second kappa shape index (κ2) is 4.13. The third kappa shape index (κ3) is 2.37. The number of halogens is 2. The lowest BCUT2D eigenvalue weighted by Gasteiger charge is -2.06. The lowest BCUT2D eigenvalue weighted by atomic mass is 10.1. The van der Waals surface area contributed by atoms with Crippen molar-refractivity contribution in [2.45, 2.75) is 13.0 Å². The van der Waals surface area contributed by atoms with Crippen LogP contribution in [0.5, 0.6) is 0 Å². The first-order valence-corrected chi connectivity index (χ1v) is 4.34. The third-order valence-corrected chi connectivity index (χ3v) is 2.24. The summed E-state index contributed by atoms with van der Waals surface area (Å²) in [6.45, 7) is 1.66. The minimum Gasteiger partial charge on any atom is -0.393 e. The Morgan fingerprint density at radius 3 is 2.67 bits per heavy atom. The van der Waals surface area contributed by atoms with Crippen LogP contribution in [0.15, 0.2) is 18.2 Å². The lowest BCUT2D eigenvalue weighted by Crippen LogP contribution is -2.01. The van der Waals surface area contributed by atoms with E-state index in [1.807, 2.05) is 0 Å². The Bertz CT molecular complexity index is 271. The molecule has 0 bridgehead atoms. The quantitative estimate of drug-likeness (QED) is 0.785. The lowest BCUT2D eigenvalue weighted by molar-refractivity contribution is 0.231. The topological polar surface area (TPSA) is 20.2 Å². The summed E-state index contributed by atoms with van der Waals surface area (Å²) in [4.78, 5) is 0. The molecular formula is C9H9Cl2O. The van der Waals surface area contributed by atoms with Gasteiger partial charge in [0, 0.05) is 6.42 Å².